The van der Waals surface area contributed by atoms with Crippen molar-refractivity contribution in [2.45, 2.75) is 71.1 Å². The van der Waals surface area contributed by atoms with Crippen LogP contribution in [0.25, 0.3) is 0 Å². The van der Waals surface area contributed by atoms with Gasteiger partial charge >= 0.3 is 0 Å². The summed E-state index contributed by atoms with van der Waals surface area (Å²) in [5.41, 5.74) is 0. The molecule has 1 rings (SSSR count). The van der Waals surface area contributed by atoms with Gasteiger partial charge in [-0.05, 0) is 13.0 Å². The Morgan fingerprint density at radius 1 is 0.750 bits per heavy atom. The van der Waals surface area contributed by atoms with Crippen molar-refractivity contribution in [2.75, 3.05) is 32.7 Å². The van der Waals surface area contributed by atoms with Gasteiger partial charge in [0.25, 0.3) is 0 Å². The predicted octanol–water partition coefficient (Wildman–Crippen LogP) is 3.68. The number of piperazine rings is 1. The Morgan fingerprint density at radius 2 is 1.25 bits per heavy atom. The Labute approximate surface area is 125 Å². The molecule has 20 heavy (non-hydrogen) atoms. The molecule has 1 amide bonds. The number of hydrogen-bond acceptors (Lipinski definition) is 2. The van der Waals surface area contributed by atoms with Gasteiger partial charge in [-0.1, -0.05) is 64.7 Å². The first-order valence-electron chi connectivity index (χ1n) is 8.78. The predicted molar refractivity (Wildman–Crippen MR) is 85.9 cm³/mol. The highest BCUT2D eigenvalue weighted by Gasteiger charge is 2.14. The van der Waals surface area contributed by atoms with Gasteiger partial charge in [-0.3, -0.25) is 9.69 Å². The molecule has 0 saturated carbocycles. The van der Waals surface area contributed by atoms with Crippen molar-refractivity contribution in [3.05, 3.63) is 0 Å². The van der Waals surface area contributed by atoms with Gasteiger partial charge in [0.1, 0.15) is 0 Å². The molecule has 118 valence electrons. The zero-order chi connectivity index (χ0) is 14.5. The smallest absolute Gasteiger partial charge is 0.209 e. The Balaban J connectivity index is 1.80. The molecule has 0 aromatic heterocycles. The maximum Gasteiger partial charge on any atom is 0.209 e. The second kappa shape index (κ2) is 12.2. The van der Waals surface area contributed by atoms with Gasteiger partial charge in [-0.2, -0.15) is 0 Å². The summed E-state index contributed by atoms with van der Waals surface area (Å²) in [7, 11) is 0. The van der Waals surface area contributed by atoms with Crippen molar-refractivity contribution in [3.8, 4) is 0 Å². The van der Waals surface area contributed by atoms with Gasteiger partial charge in [-0.25, -0.2) is 0 Å². The number of amides is 1. The van der Waals surface area contributed by atoms with Crippen LogP contribution < -0.4 is 0 Å². The van der Waals surface area contributed by atoms with Crippen molar-refractivity contribution in [2.24, 2.45) is 0 Å². The first-order chi connectivity index (χ1) is 9.86. The molecule has 0 unspecified atom stereocenters. The molecular formula is C17H34N2O. The first-order valence-corrected chi connectivity index (χ1v) is 8.78. The third-order valence-corrected chi connectivity index (χ3v) is 4.38. The fourth-order valence-corrected chi connectivity index (χ4v) is 2.92. The fraction of sp³-hybridized carbons (Fsp3) is 0.941. The van der Waals surface area contributed by atoms with Gasteiger partial charge in [-0.15, -0.1) is 0 Å². The number of carbonyl (C=O) groups is 1. The standard InChI is InChI=1S/C17H34N2O/c1-2-3-4-5-6-7-8-9-10-11-12-18-13-15-19(17-20)16-14-18/h17H,2-16H2,1H3. The van der Waals surface area contributed by atoms with Crippen LogP contribution in [0.3, 0.4) is 0 Å². The van der Waals surface area contributed by atoms with E-state index in [1.54, 1.807) is 0 Å². The second-order valence-corrected chi connectivity index (χ2v) is 6.16. The van der Waals surface area contributed by atoms with Gasteiger partial charge in [0.2, 0.25) is 6.41 Å². The number of unbranched alkanes of at least 4 members (excludes halogenated alkanes) is 9. The maximum atomic E-state index is 10.6. The van der Waals surface area contributed by atoms with Crippen molar-refractivity contribution in [1.29, 1.82) is 0 Å². The van der Waals surface area contributed by atoms with E-state index >= 15 is 0 Å². The summed E-state index contributed by atoms with van der Waals surface area (Å²) in [6.45, 7) is 7.47. The third kappa shape index (κ3) is 8.57. The Morgan fingerprint density at radius 3 is 1.75 bits per heavy atom. The molecule has 1 fully saturated rings. The van der Waals surface area contributed by atoms with Gasteiger partial charge in [0.05, 0.1) is 0 Å². The quantitative estimate of drug-likeness (QED) is 0.403. The molecule has 1 aliphatic heterocycles. The molecule has 0 aromatic rings. The Kier molecular flexibility index (Phi) is 10.7. The van der Waals surface area contributed by atoms with E-state index in [2.05, 4.69) is 11.8 Å². The minimum atomic E-state index is 0.918. The summed E-state index contributed by atoms with van der Waals surface area (Å²) < 4.78 is 0. The van der Waals surface area contributed by atoms with Crippen molar-refractivity contribution >= 4 is 6.41 Å². The highest BCUT2D eigenvalue weighted by molar-refractivity contribution is 5.47. The van der Waals surface area contributed by atoms with E-state index in [9.17, 15) is 4.79 Å². The number of carbonyl (C=O) groups excluding carboxylic acids is 1. The van der Waals surface area contributed by atoms with Crippen molar-refractivity contribution in [3.63, 3.8) is 0 Å². The van der Waals surface area contributed by atoms with E-state index in [1.807, 2.05) is 4.90 Å². The van der Waals surface area contributed by atoms with E-state index in [4.69, 9.17) is 0 Å². The molecule has 1 aliphatic rings. The molecule has 3 nitrogen and oxygen atoms in total. The van der Waals surface area contributed by atoms with Crippen LogP contribution in [-0.2, 0) is 4.79 Å². The van der Waals surface area contributed by atoms with E-state index in [0.717, 1.165) is 32.6 Å². The van der Waals surface area contributed by atoms with Crippen LogP contribution in [-0.4, -0.2) is 48.9 Å². The molecule has 0 atom stereocenters. The maximum absolute atomic E-state index is 10.6. The zero-order valence-corrected chi connectivity index (χ0v) is 13.5. The molecule has 0 spiro atoms. The van der Waals surface area contributed by atoms with Crippen LogP contribution in [0.15, 0.2) is 0 Å². The van der Waals surface area contributed by atoms with E-state index in [0.29, 0.717) is 0 Å². The number of nitrogens with zero attached hydrogens (tertiary/aromatic N) is 2. The molecule has 0 radical (unpaired) electrons. The fourth-order valence-electron chi connectivity index (χ4n) is 2.92. The highest BCUT2D eigenvalue weighted by atomic mass is 16.1. The van der Waals surface area contributed by atoms with Crippen LogP contribution in [0.1, 0.15) is 71.1 Å². The molecule has 0 aromatic carbocycles. The summed E-state index contributed by atoms with van der Waals surface area (Å²) in [4.78, 5) is 15.0. The molecule has 3 heteroatoms. The summed E-state index contributed by atoms with van der Waals surface area (Å²) in [5.74, 6) is 0. The average Bonchev–Trinajstić information content (AvgIpc) is 2.50. The van der Waals surface area contributed by atoms with E-state index in [-0.39, 0.29) is 0 Å². The lowest BCUT2D eigenvalue weighted by molar-refractivity contribution is -0.119. The van der Waals surface area contributed by atoms with Crippen molar-refractivity contribution < 1.29 is 4.79 Å². The zero-order valence-electron chi connectivity index (χ0n) is 13.5. The molecule has 1 heterocycles. The van der Waals surface area contributed by atoms with E-state index in [1.165, 1.54) is 70.8 Å². The van der Waals surface area contributed by atoms with Crippen LogP contribution in [0, 0.1) is 0 Å². The summed E-state index contributed by atoms with van der Waals surface area (Å²) in [6.07, 6.45) is 15.0. The normalized spacial score (nSPS) is 16.6. The number of hydrogen-bond donors (Lipinski definition) is 0. The van der Waals surface area contributed by atoms with Crippen LogP contribution >= 0.6 is 0 Å². The lowest BCUT2D eigenvalue weighted by Crippen LogP contribution is -2.45. The first kappa shape index (κ1) is 17.5. The summed E-state index contributed by atoms with van der Waals surface area (Å²) >= 11 is 0. The van der Waals surface area contributed by atoms with Crippen LogP contribution in [0.5, 0.6) is 0 Å². The van der Waals surface area contributed by atoms with Crippen molar-refractivity contribution in [1.82, 2.24) is 9.80 Å². The SMILES string of the molecule is CCCCCCCCCCCCN1CCN(C=O)CC1. The Bertz CT molecular complexity index is 225. The summed E-state index contributed by atoms with van der Waals surface area (Å²) in [6, 6.07) is 0. The van der Waals surface area contributed by atoms with Gasteiger partial charge < -0.3 is 4.90 Å². The molecule has 0 bridgehead atoms. The lowest BCUT2D eigenvalue weighted by atomic mass is 10.1. The molecule has 0 aliphatic carbocycles. The van der Waals surface area contributed by atoms with Crippen LogP contribution in [0.4, 0.5) is 0 Å². The summed E-state index contributed by atoms with van der Waals surface area (Å²) in [5, 5.41) is 0. The van der Waals surface area contributed by atoms with E-state index < -0.39 is 0 Å². The third-order valence-electron chi connectivity index (χ3n) is 4.38. The average molecular weight is 282 g/mol. The topological polar surface area (TPSA) is 23.6 Å². The number of rotatable bonds is 12. The highest BCUT2D eigenvalue weighted by Crippen LogP contribution is 2.11. The largest absolute Gasteiger partial charge is 0.343 e. The Hall–Kier alpha value is -0.570. The second-order valence-electron chi connectivity index (χ2n) is 6.16. The monoisotopic (exact) mass is 282 g/mol. The molecule has 1 saturated heterocycles. The minimum absolute atomic E-state index is 0.918. The minimum Gasteiger partial charge on any atom is -0.343 e. The van der Waals surface area contributed by atoms with Gasteiger partial charge in [0.15, 0.2) is 0 Å². The van der Waals surface area contributed by atoms with Gasteiger partial charge in [0, 0.05) is 26.2 Å². The molecule has 0 N–H and O–H groups in total. The van der Waals surface area contributed by atoms with Crippen LogP contribution in [0.2, 0.25) is 0 Å². The lowest BCUT2D eigenvalue weighted by Gasteiger charge is -2.32. The molecular weight excluding hydrogens is 248 g/mol.